The van der Waals surface area contributed by atoms with E-state index in [4.69, 9.17) is 9.52 Å². The Morgan fingerprint density at radius 1 is 1.08 bits per heavy atom. The van der Waals surface area contributed by atoms with Crippen molar-refractivity contribution in [2.75, 3.05) is 13.1 Å². The maximum absolute atomic E-state index is 12.4. The Bertz CT molecular complexity index is 791. The number of aromatic carboxylic acids is 1. The molecule has 1 aromatic heterocycles. The van der Waals surface area contributed by atoms with Crippen molar-refractivity contribution in [2.45, 2.75) is 19.4 Å². The monoisotopic (exact) mass is 356 g/mol. The fourth-order valence-corrected chi connectivity index (χ4v) is 3.01. The number of hydrogen-bond acceptors (Lipinski definition) is 4. The number of nitrogens with zero attached hydrogens (tertiary/aromatic N) is 1. The van der Waals surface area contributed by atoms with Crippen LogP contribution in [0, 0.1) is 5.92 Å². The number of carboxylic acids is 1. The molecular formula is C19H20N2O5. The number of amides is 2. The van der Waals surface area contributed by atoms with Gasteiger partial charge in [0.1, 0.15) is 5.76 Å². The van der Waals surface area contributed by atoms with Gasteiger partial charge in [0.25, 0.3) is 5.91 Å². The van der Waals surface area contributed by atoms with E-state index < -0.39 is 5.97 Å². The second kappa shape index (κ2) is 7.86. The quantitative estimate of drug-likeness (QED) is 0.855. The van der Waals surface area contributed by atoms with Gasteiger partial charge < -0.3 is 19.7 Å². The highest BCUT2D eigenvalue weighted by molar-refractivity contribution is 5.94. The molecule has 2 heterocycles. The lowest BCUT2D eigenvalue weighted by atomic mass is 9.95. The van der Waals surface area contributed by atoms with E-state index >= 15 is 0 Å². The molecule has 7 nitrogen and oxygen atoms in total. The Kier molecular flexibility index (Phi) is 5.36. The van der Waals surface area contributed by atoms with Gasteiger partial charge in [-0.2, -0.15) is 0 Å². The number of rotatable bonds is 5. The molecule has 0 unspecified atom stereocenters. The molecule has 0 bridgehead atoms. The summed E-state index contributed by atoms with van der Waals surface area (Å²) in [5, 5.41) is 11.6. The second-order valence-electron chi connectivity index (χ2n) is 6.22. The molecular weight excluding hydrogens is 336 g/mol. The van der Waals surface area contributed by atoms with Crippen LogP contribution in [-0.4, -0.2) is 40.9 Å². The number of piperidine rings is 1. The highest BCUT2D eigenvalue weighted by Gasteiger charge is 2.27. The first kappa shape index (κ1) is 17.7. The Hall–Kier alpha value is -3.09. The van der Waals surface area contributed by atoms with E-state index in [9.17, 15) is 14.4 Å². The normalized spacial score (nSPS) is 14.8. The van der Waals surface area contributed by atoms with Gasteiger partial charge in [-0.05, 0) is 37.1 Å². The van der Waals surface area contributed by atoms with Crippen molar-refractivity contribution in [3.05, 3.63) is 59.5 Å². The summed E-state index contributed by atoms with van der Waals surface area (Å²) in [5.74, 6) is -1.18. The third-order valence-corrected chi connectivity index (χ3v) is 4.48. The number of nitrogens with one attached hydrogen (secondary N) is 1. The van der Waals surface area contributed by atoms with Crippen LogP contribution < -0.4 is 5.32 Å². The van der Waals surface area contributed by atoms with Gasteiger partial charge >= 0.3 is 5.97 Å². The molecule has 1 aliphatic heterocycles. The molecule has 1 aromatic carbocycles. The maximum atomic E-state index is 12.4. The zero-order valence-corrected chi connectivity index (χ0v) is 14.2. The highest BCUT2D eigenvalue weighted by atomic mass is 16.4. The van der Waals surface area contributed by atoms with Crippen LogP contribution in [0.15, 0.2) is 46.9 Å². The topological polar surface area (TPSA) is 99.9 Å². The average molecular weight is 356 g/mol. The molecule has 0 saturated carbocycles. The predicted molar refractivity (Wildman–Crippen MR) is 92.6 cm³/mol. The lowest BCUT2D eigenvalue weighted by molar-refractivity contribution is -0.126. The van der Waals surface area contributed by atoms with Crippen LogP contribution in [0.4, 0.5) is 0 Å². The Morgan fingerprint density at radius 3 is 2.38 bits per heavy atom. The molecule has 2 N–H and O–H groups in total. The minimum Gasteiger partial charge on any atom is -0.475 e. The number of benzene rings is 1. The first-order valence-electron chi connectivity index (χ1n) is 8.48. The molecule has 1 saturated heterocycles. The summed E-state index contributed by atoms with van der Waals surface area (Å²) >= 11 is 0. The van der Waals surface area contributed by atoms with E-state index in [0.717, 1.165) is 0 Å². The van der Waals surface area contributed by atoms with Gasteiger partial charge in [0, 0.05) is 24.6 Å². The van der Waals surface area contributed by atoms with E-state index in [-0.39, 0.29) is 30.0 Å². The molecule has 2 aromatic rings. The Morgan fingerprint density at radius 2 is 1.77 bits per heavy atom. The summed E-state index contributed by atoms with van der Waals surface area (Å²) in [7, 11) is 0. The number of carbonyl (C=O) groups is 3. The van der Waals surface area contributed by atoms with Gasteiger partial charge in [-0.15, -0.1) is 0 Å². The summed E-state index contributed by atoms with van der Waals surface area (Å²) < 4.78 is 5.11. The largest absolute Gasteiger partial charge is 0.475 e. The molecule has 3 rings (SSSR count). The summed E-state index contributed by atoms with van der Waals surface area (Å²) in [6, 6.07) is 12.0. The predicted octanol–water partition coefficient (Wildman–Crippen LogP) is 2.15. The van der Waals surface area contributed by atoms with Gasteiger partial charge in [-0.1, -0.05) is 18.2 Å². The van der Waals surface area contributed by atoms with Crippen LogP contribution in [0.3, 0.4) is 0 Å². The van der Waals surface area contributed by atoms with Gasteiger partial charge in [0.2, 0.25) is 11.7 Å². The minimum absolute atomic E-state index is 0.0127. The Labute approximate surface area is 150 Å². The molecule has 0 aliphatic carbocycles. The van der Waals surface area contributed by atoms with Crippen LogP contribution in [0.5, 0.6) is 0 Å². The van der Waals surface area contributed by atoms with Crippen LogP contribution in [0.25, 0.3) is 0 Å². The van der Waals surface area contributed by atoms with Crippen molar-refractivity contribution >= 4 is 17.8 Å². The zero-order chi connectivity index (χ0) is 18.5. The number of hydrogen-bond donors (Lipinski definition) is 2. The van der Waals surface area contributed by atoms with Crippen molar-refractivity contribution in [1.82, 2.24) is 10.2 Å². The number of furan rings is 1. The van der Waals surface area contributed by atoms with E-state index in [0.29, 0.717) is 37.3 Å². The molecule has 1 fully saturated rings. The molecule has 1 aliphatic rings. The smallest absolute Gasteiger partial charge is 0.371 e. The zero-order valence-electron chi connectivity index (χ0n) is 14.2. The first-order chi connectivity index (χ1) is 12.5. The average Bonchev–Trinajstić information content (AvgIpc) is 3.16. The maximum Gasteiger partial charge on any atom is 0.371 e. The first-order valence-corrected chi connectivity index (χ1v) is 8.48. The van der Waals surface area contributed by atoms with Gasteiger partial charge in [-0.3, -0.25) is 9.59 Å². The summed E-state index contributed by atoms with van der Waals surface area (Å²) in [4.78, 5) is 37.2. The third-order valence-electron chi connectivity index (χ3n) is 4.48. The molecule has 0 radical (unpaired) electrons. The van der Waals surface area contributed by atoms with Crippen molar-refractivity contribution in [3.8, 4) is 0 Å². The molecule has 26 heavy (non-hydrogen) atoms. The molecule has 0 atom stereocenters. The summed E-state index contributed by atoms with van der Waals surface area (Å²) in [5.41, 5.74) is 0.655. The van der Waals surface area contributed by atoms with Crippen LogP contribution in [-0.2, 0) is 11.3 Å². The fourth-order valence-electron chi connectivity index (χ4n) is 3.01. The summed E-state index contributed by atoms with van der Waals surface area (Å²) in [6.07, 6.45) is 1.20. The number of carboxylic acid groups (broad SMARTS) is 1. The van der Waals surface area contributed by atoms with E-state index in [2.05, 4.69) is 5.32 Å². The van der Waals surface area contributed by atoms with Gasteiger partial charge in [-0.25, -0.2) is 4.79 Å². The molecule has 136 valence electrons. The van der Waals surface area contributed by atoms with Gasteiger partial charge in [0.15, 0.2) is 0 Å². The second-order valence-corrected chi connectivity index (χ2v) is 6.22. The highest BCUT2D eigenvalue weighted by Crippen LogP contribution is 2.19. The number of likely N-dealkylation sites (tertiary alicyclic amines) is 1. The van der Waals surface area contributed by atoms with Crippen molar-refractivity contribution in [3.63, 3.8) is 0 Å². The summed E-state index contributed by atoms with van der Waals surface area (Å²) in [6.45, 7) is 1.22. The molecule has 2 amide bonds. The van der Waals surface area contributed by atoms with Crippen LogP contribution in [0.1, 0.15) is 39.5 Å². The minimum atomic E-state index is -1.14. The third kappa shape index (κ3) is 4.11. The molecule has 0 spiro atoms. The standard InChI is InChI=1S/C19H20N2O5/c22-17(20-12-15-6-7-16(26-15)19(24)25)13-8-10-21(11-9-13)18(23)14-4-2-1-3-5-14/h1-7,13H,8-12H2,(H,20,22)(H,24,25). The molecule has 7 heteroatoms. The van der Waals surface area contributed by atoms with Crippen LogP contribution in [0.2, 0.25) is 0 Å². The van der Waals surface area contributed by atoms with E-state index in [1.807, 2.05) is 18.2 Å². The van der Waals surface area contributed by atoms with E-state index in [1.54, 1.807) is 17.0 Å². The van der Waals surface area contributed by atoms with Crippen molar-refractivity contribution in [2.24, 2.45) is 5.92 Å². The SMILES string of the molecule is O=C(O)c1ccc(CNC(=O)C2CCN(C(=O)c3ccccc3)CC2)o1. The lowest BCUT2D eigenvalue weighted by Gasteiger charge is -2.31. The Balaban J connectivity index is 1.47. The fraction of sp³-hybridized carbons (Fsp3) is 0.316. The van der Waals surface area contributed by atoms with Crippen molar-refractivity contribution in [1.29, 1.82) is 0 Å². The van der Waals surface area contributed by atoms with E-state index in [1.165, 1.54) is 12.1 Å². The van der Waals surface area contributed by atoms with Gasteiger partial charge in [0.05, 0.1) is 6.54 Å². The van der Waals surface area contributed by atoms with Crippen molar-refractivity contribution < 1.29 is 23.9 Å². The van der Waals surface area contributed by atoms with Crippen LogP contribution >= 0.6 is 0 Å². The number of carbonyl (C=O) groups excluding carboxylic acids is 2. The lowest BCUT2D eigenvalue weighted by Crippen LogP contribution is -2.42.